The third kappa shape index (κ3) is 0.805. The van der Waals surface area contributed by atoms with Crippen LogP contribution in [-0.4, -0.2) is 23.5 Å². The topological polar surface area (TPSA) is 72.7 Å². The molecule has 2 heterocycles. The highest BCUT2D eigenvalue weighted by molar-refractivity contribution is 5.76. The standard InChI is InChI=1S/C6H7N5O/c7-3-6(4-8-9-5-6)11-10-1-2-12-11/h1-2,4,9-10H,5H2. The monoisotopic (exact) mass is 165 g/mol. The molecule has 0 aromatic rings. The molecular formula is C6H7N5O. The van der Waals surface area contributed by atoms with Gasteiger partial charge in [0.2, 0.25) is 5.54 Å². The van der Waals surface area contributed by atoms with Crippen molar-refractivity contribution in [2.45, 2.75) is 5.54 Å². The van der Waals surface area contributed by atoms with E-state index in [0.29, 0.717) is 6.54 Å². The van der Waals surface area contributed by atoms with E-state index in [0.717, 1.165) is 0 Å². The first-order chi connectivity index (χ1) is 5.87. The molecule has 0 aromatic carbocycles. The molecule has 0 fully saturated rings. The zero-order valence-corrected chi connectivity index (χ0v) is 6.19. The van der Waals surface area contributed by atoms with Crippen molar-refractivity contribution in [2.24, 2.45) is 5.10 Å². The number of nitriles is 1. The molecule has 0 aromatic heterocycles. The first kappa shape index (κ1) is 6.94. The van der Waals surface area contributed by atoms with Gasteiger partial charge in [-0.3, -0.25) is 5.43 Å². The number of hydroxylamine groups is 1. The van der Waals surface area contributed by atoms with Crippen LogP contribution in [0, 0.1) is 11.3 Å². The van der Waals surface area contributed by atoms with E-state index in [1.165, 1.54) is 17.6 Å². The molecule has 2 aliphatic heterocycles. The van der Waals surface area contributed by atoms with Crippen molar-refractivity contribution in [3.8, 4) is 6.07 Å². The van der Waals surface area contributed by atoms with Gasteiger partial charge in [-0.15, -0.1) is 0 Å². The number of hydrazone groups is 1. The van der Waals surface area contributed by atoms with Crippen LogP contribution in [0.1, 0.15) is 0 Å². The summed E-state index contributed by atoms with van der Waals surface area (Å²) < 4.78 is 0. The molecule has 6 nitrogen and oxygen atoms in total. The van der Waals surface area contributed by atoms with Gasteiger partial charge in [-0.2, -0.15) is 10.4 Å². The van der Waals surface area contributed by atoms with Crippen molar-refractivity contribution >= 4 is 6.21 Å². The van der Waals surface area contributed by atoms with Crippen molar-refractivity contribution in [3.63, 3.8) is 0 Å². The van der Waals surface area contributed by atoms with Gasteiger partial charge in [0.1, 0.15) is 6.26 Å². The molecule has 0 spiro atoms. The van der Waals surface area contributed by atoms with E-state index in [9.17, 15) is 0 Å². The molecule has 62 valence electrons. The van der Waals surface area contributed by atoms with E-state index in [1.54, 1.807) is 6.20 Å². The maximum atomic E-state index is 8.91. The Bertz CT molecular complexity index is 272. The third-order valence-electron chi connectivity index (χ3n) is 1.70. The number of hydrogen-bond acceptors (Lipinski definition) is 6. The van der Waals surface area contributed by atoms with E-state index >= 15 is 0 Å². The number of nitrogens with zero attached hydrogens (tertiary/aromatic N) is 3. The molecule has 2 aliphatic rings. The van der Waals surface area contributed by atoms with Crippen LogP contribution in [0.4, 0.5) is 0 Å². The molecule has 2 N–H and O–H groups in total. The van der Waals surface area contributed by atoms with Crippen molar-refractivity contribution in [1.82, 2.24) is 16.0 Å². The van der Waals surface area contributed by atoms with Crippen LogP contribution >= 0.6 is 0 Å². The average molecular weight is 165 g/mol. The van der Waals surface area contributed by atoms with Gasteiger partial charge in [-0.1, -0.05) is 0 Å². The zero-order valence-electron chi connectivity index (χ0n) is 6.19. The van der Waals surface area contributed by atoms with Gasteiger partial charge < -0.3 is 10.3 Å². The lowest BCUT2D eigenvalue weighted by Gasteiger charge is -2.25. The van der Waals surface area contributed by atoms with Crippen LogP contribution in [0.5, 0.6) is 0 Å². The van der Waals surface area contributed by atoms with Gasteiger partial charge in [-0.25, -0.2) is 0 Å². The summed E-state index contributed by atoms with van der Waals surface area (Å²) in [6.45, 7) is 0.415. The summed E-state index contributed by atoms with van der Waals surface area (Å²) in [6, 6.07) is 2.11. The van der Waals surface area contributed by atoms with Gasteiger partial charge in [0, 0.05) is 0 Å². The first-order valence-electron chi connectivity index (χ1n) is 3.44. The van der Waals surface area contributed by atoms with Crippen molar-refractivity contribution < 1.29 is 4.84 Å². The smallest absolute Gasteiger partial charge is 0.219 e. The fourth-order valence-corrected chi connectivity index (χ4v) is 1.03. The Morgan fingerprint density at radius 1 is 1.75 bits per heavy atom. The molecule has 0 bridgehead atoms. The van der Waals surface area contributed by atoms with Gasteiger partial charge in [0.25, 0.3) is 0 Å². The van der Waals surface area contributed by atoms with Crippen LogP contribution in [0.2, 0.25) is 0 Å². The van der Waals surface area contributed by atoms with E-state index < -0.39 is 5.54 Å². The average Bonchev–Trinajstić information content (AvgIpc) is 2.76. The van der Waals surface area contributed by atoms with E-state index in [1.807, 2.05) is 0 Å². The van der Waals surface area contributed by atoms with Crippen LogP contribution in [-0.2, 0) is 4.84 Å². The molecule has 0 saturated heterocycles. The summed E-state index contributed by atoms with van der Waals surface area (Å²) in [5.41, 5.74) is 4.62. The summed E-state index contributed by atoms with van der Waals surface area (Å²) >= 11 is 0. The Labute approximate surface area is 69.0 Å². The molecule has 12 heavy (non-hydrogen) atoms. The lowest BCUT2D eigenvalue weighted by Crippen LogP contribution is -2.53. The predicted molar refractivity (Wildman–Crippen MR) is 40.0 cm³/mol. The quantitative estimate of drug-likeness (QED) is 0.524. The molecule has 1 atom stereocenters. The largest absolute Gasteiger partial charge is 0.391 e. The minimum atomic E-state index is -0.844. The van der Waals surface area contributed by atoms with E-state index in [2.05, 4.69) is 22.0 Å². The number of rotatable bonds is 1. The maximum absolute atomic E-state index is 8.91. The van der Waals surface area contributed by atoms with Crippen LogP contribution in [0.3, 0.4) is 0 Å². The molecule has 0 aliphatic carbocycles. The van der Waals surface area contributed by atoms with Crippen LogP contribution < -0.4 is 10.9 Å². The molecule has 0 amide bonds. The van der Waals surface area contributed by atoms with E-state index in [-0.39, 0.29) is 0 Å². The Balaban J connectivity index is 2.18. The highest BCUT2D eigenvalue weighted by atomic mass is 16.7. The highest BCUT2D eigenvalue weighted by Crippen LogP contribution is 2.15. The zero-order chi connectivity index (χ0) is 8.44. The van der Waals surface area contributed by atoms with Crippen molar-refractivity contribution in [1.29, 1.82) is 5.26 Å². The maximum Gasteiger partial charge on any atom is 0.219 e. The van der Waals surface area contributed by atoms with Crippen LogP contribution in [0.25, 0.3) is 0 Å². The molecular weight excluding hydrogens is 158 g/mol. The Hall–Kier alpha value is -1.74. The SMILES string of the molecule is N#CC1(N2NC=CO2)C=NNC1. The highest BCUT2D eigenvalue weighted by Gasteiger charge is 2.41. The third-order valence-corrected chi connectivity index (χ3v) is 1.70. The fraction of sp³-hybridized carbons (Fsp3) is 0.333. The Kier molecular flexibility index (Phi) is 1.38. The van der Waals surface area contributed by atoms with Gasteiger partial charge in [-0.05, 0) is 5.17 Å². The minimum Gasteiger partial charge on any atom is -0.391 e. The summed E-state index contributed by atoms with van der Waals surface area (Å²) in [6.07, 6.45) is 4.57. The first-order valence-corrected chi connectivity index (χ1v) is 3.44. The molecule has 0 radical (unpaired) electrons. The normalized spacial score (nSPS) is 32.2. The summed E-state index contributed by atoms with van der Waals surface area (Å²) in [5.74, 6) is 0. The van der Waals surface area contributed by atoms with Crippen molar-refractivity contribution in [3.05, 3.63) is 12.5 Å². The Morgan fingerprint density at radius 3 is 3.17 bits per heavy atom. The fourth-order valence-electron chi connectivity index (χ4n) is 1.03. The lowest BCUT2D eigenvalue weighted by atomic mass is 10.1. The second-order valence-corrected chi connectivity index (χ2v) is 2.46. The Morgan fingerprint density at radius 2 is 2.67 bits per heavy atom. The number of nitrogens with one attached hydrogen (secondary N) is 2. The summed E-state index contributed by atoms with van der Waals surface area (Å²) in [5, 5.41) is 14.0. The minimum absolute atomic E-state index is 0.415. The van der Waals surface area contributed by atoms with Crippen molar-refractivity contribution in [2.75, 3.05) is 6.54 Å². The lowest BCUT2D eigenvalue weighted by molar-refractivity contribution is -0.146. The van der Waals surface area contributed by atoms with Crippen LogP contribution in [0.15, 0.2) is 17.6 Å². The predicted octanol–water partition coefficient (Wildman–Crippen LogP) is -0.939. The van der Waals surface area contributed by atoms with E-state index in [4.69, 9.17) is 10.1 Å². The second kappa shape index (κ2) is 2.39. The number of hydrogen-bond donors (Lipinski definition) is 2. The molecule has 1 unspecified atom stereocenters. The second-order valence-electron chi connectivity index (χ2n) is 2.46. The van der Waals surface area contributed by atoms with Gasteiger partial charge in [0.15, 0.2) is 0 Å². The van der Waals surface area contributed by atoms with Gasteiger partial charge in [0.05, 0.1) is 25.0 Å². The molecule has 2 rings (SSSR count). The van der Waals surface area contributed by atoms with Gasteiger partial charge >= 0.3 is 0 Å². The summed E-state index contributed by atoms with van der Waals surface area (Å²) in [7, 11) is 0. The molecule has 6 heteroatoms. The summed E-state index contributed by atoms with van der Waals surface area (Å²) in [4.78, 5) is 5.02. The molecule has 0 saturated carbocycles. The number of hydrazine groups is 1.